The van der Waals surface area contributed by atoms with E-state index in [0.717, 1.165) is 0 Å². The molecule has 0 nitrogen and oxygen atoms in total. The van der Waals surface area contributed by atoms with E-state index in [2.05, 4.69) is 0 Å². The molecule has 0 aliphatic rings. The number of rotatable bonds is 0. The maximum Gasteiger partial charge on any atom is 3.00 e. The van der Waals surface area contributed by atoms with Crippen LogP contribution < -0.4 is 123 Å². The molecule has 0 fully saturated rings. The first-order valence-corrected chi connectivity index (χ1v) is 0. The van der Waals surface area contributed by atoms with Gasteiger partial charge in [-0.15, -0.1) is 0 Å². The summed E-state index contributed by atoms with van der Waals surface area (Å²) in [4.78, 5) is 0. The van der Waals surface area contributed by atoms with Crippen LogP contribution in [0.15, 0.2) is 0 Å². The predicted octanol–water partition coefficient (Wildman–Crippen LogP) is -18.7. The van der Waals surface area contributed by atoms with E-state index in [9.17, 15) is 0 Å². The largest absolute Gasteiger partial charge is 3.00 e. The maximum atomic E-state index is 0. The normalized spacial score (nSPS) is 0. The molecule has 0 aromatic rings. The minimum absolute atomic E-state index is 0. The van der Waals surface area contributed by atoms with Crippen molar-refractivity contribution in [3.8, 4) is 0 Å². The molecule has 0 bridgehead atoms. The molecular formula is B2Br3I3. The van der Waals surface area contributed by atoms with Crippen molar-refractivity contribution in [1.82, 2.24) is 0 Å². The molecule has 8 heteroatoms. The van der Waals surface area contributed by atoms with Gasteiger partial charge in [-0.1, -0.05) is 0 Å². The zero-order chi connectivity index (χ0) is 0. The first kappa shape index (κ1) is 96.3. The predicted molar refractivity (Wildman–Crippen MR) is 11.5 cm³/mol. The van der Waals surface area contributed by atoms with Gasteiger partial charge in [-0.05, 0) is 0 Å². The molecule has 48 valence electrons. The Labute approximate surface area is 137 Å². The van der Waals surface area contributed by atoms with Crippen LogP contribution in [0.5, 0.6) is 0 Å². The molecule has 0 aliphatic carbocycles. The summed E-state index contributed by atoms with van der Waals surface area (Å²) >= 11 is 0. The van der Waals surface area contributed by atoms with E-state index < -0.39 is 0 Å². The summed E-state index contributed by atoms with van der Waals surface area (Å²) in [5.41, 5.74) is 0. The van der Waals surface area contributed by atoms with E-state index in [-0.39, 0.29) is 140 Å². The van der Waals surface area contributed by atoms with Crippen LogP contribution in [0.25, 0.3) is 0 Å². The third kappa shape index (κ3) is 53.0. The molecule has 0 aliphatic heterocycles. The van der Waals surface area contributed by atoms with Gasteiger partial charge in [0.1, 0.15) is 0 Å². The van der Waals surface area contributed by atoms with Crippen molar-refractivity contribution < 1.29 is 123 Å². The Hall–Kier alpha value is 3.76. The van der Waals surface area contributed by atoms with Crippen LogP contribution in [0.4, 0.5) is 0 Å². The van der Waals surface area contributed by atoms with Gasteiger partial charge < -0.3 is 123 Å². The molecule has 0 unspecified atom stereocenters. The van der Waals surface area contributed by atoms with Gasteiger partial charge in [0.15, 0.2) is 0 Å². The number of hydrogen-bond acceptors (Lipinski definition) is 0. The molecule has 0 aromatic heterocycles. The van der Waals surface area contributed by atoms with Crippen molar-refractivity contribution in [3.63, 3.8) is 0 Å². The molecule has 0 heterocycles. The molecule has 0 atom stereocenters. The maximum absolute atomic E-state index is 0. The van der Waals surface area contributed by atoms with Crippen molar-refractivity contribution in [2.45, 2.75) is 0 Å². The SMILES string of the molecule is [B+3].[B+3].[Br-].[Br-].[Br-].[I-].[I-].[I-]. The minimum Gasteiger partial charge on any atom is -1.00 e. The van der Waals surface area contributed by atoms with Gasteiger partial charge in [0.25, 0.3) is 0 Å². The average molecular weight is 642 g/mol. The van der Waals surface area contributed by atoms with Gasteiger partial charge in [-0.25, -0.2) is 0 Å². The molecule has 0 aromatic carbocycles. The fourth-order valence-corrected chi connectivity index (χ4v) is 0. The fourth-order valence-electron chi connectivity index (χ4n) is 0. The Morgan fingerprint density at radius 2 is 0.375 bits per heavy atom. The Morgan fingerprint density at radius 3 is 0.375 bits per heavy atom. The van der Waals surface area contributed by atoms with Crippen LogP contribution in [0.2, 0.25) is 0 Å². The van der Waals surface area contributed by atoms with Crippen molar-refractivity contribution in [2.24, 2.45) is 0 Å². The third-order valence-corrected chi connectivity index (χ3v) is 0. The molecular weight excluding hydrogens is 642 g/mol. The van der Waals surface area contributed by atoms with E-state index in [1.54, 1.807) is 0 Å². The zero-order valence-electron chi connectivity index (χ0n) is 3.42. The van der Waals surface area contributed by atoms with Gasteiger partial charge in [-0.2, -0.15) is 0 Å². The number of halogens is 6. The average Bonchev–Trinajstić information content (AvgIpc) is 0. The minimum atomic E-state index is 0. The van der Waals surface area contributed by atoms with Crippen LogP contribution in [-0.4, -0.2) is 16.8 Å². The quantitative estimate of drug-likeness (QED) is 0.182. The van der Waals surface area contributed by atoms with Gasteiger partial charge >= 0.3 is 16.8 Å². The molecule has 0 spiro atoms. The Bertz CT molecular complexity index is 12.5. The second-order valence-corrected chi connectivity index (χ2v) is 0. The second kappa shape index (κ2) is 72.5. The van der Waals surface area contributed by atoms with E-state index in [1.165, 1.54) is 0 Å². The zero-order valence-corrected chi connectivity index (χ0v) is 14.7. The molecule has 0 saturated heterocycles. The Morgan fingerprint density at radius 1 is 0.375 bits per heavy atom. The van der Waals surface area contributed by atoms with Crippen LogP contribution in [-0.2, 0) is 0 Å². The summed E-state index contributed by atoms with van der Waals surface area (Å²) in [7, 11) is 0. The summed E-state index contributed by atoms with van der Waals surface area (Å²) in [6.45, 7) is 0. The van der Waals surface area contributed by atoms with Crippen molar-refractivity contribution in [3.05, 3.63) is 0 Å². The molecule has 0 saturated carbocycles. The Kier molecular flexibility index (Phi) is 873. The first-order valence-electron chi connectivity index (χ1n) is 0. The second-order valence-electron chi connectivity index (χ2n) is 0. The monoisotopic (exact) mass is 639 g/mol. The van der Waals surface area contributed by atoms with Crippen LogP contribution >= 0.6 is 0 Å². The van der Waals surface area contributed by atoms with Crippen LogP contribution in [0.3, 0.4) is 0 Å². The van der Waals surface area contributed by atoms with Crippen LogP contribution in [0, 0.1) is 0 Å². The molecule has 0 radical (unpaired) electrons. The summed E-state index contributed by atoms with van der Waals surface area (Å²) in [6.07, 6.45) is 0. The molecule has 8 heavy (non-hydrogen) atoms. The van der Waals surface area contributed by atoms with Crippen molar-refractivity contribution in [1.29, 1.82) is 0 Å². The smallest absolute Gasteiger partial charge is 1.00 e. The van der Waals surface area contributed by atoms with Gasteiger partial charge in [-0.3, -0.25) is 0 Å². The first-order chi connectivity index (χ1) is 0. The van der Waals surface area contributed by atoms with Crippen LogP contribution in [0.1, 0.15) is 0 Å². The molecule has 0 amide bonds. The topological polar surface area (TPSA) is 0 Å². The van der Waals surface area contributed by atoms with E-state index in [4.69, 9.17) is 0 Å². The van der Waals surface area contributed by atoms with E-state index in [1.807, 2.05) is 0 Å². The van der Waals surface area contributed by atoms with Crippen molar-refractivity contribution in [2.75, 3.05) is 0 Å². The third-order valence-electron chi connectivity index (χ3n) is 0. The van der Waals surface area contributed by atoms with Gasteiger partial charge in [0.05, 0.1) is 0 Å². The van der Waals surface area contributed by atoms with E-state index in [0.29, 0.717) is 0 Å². The molecule has 0 N–H and O–H groups in total. The van der Waals surface area contributed by atoms with Crippen molar-refractivity contribution >= 4 is 16.8 Å². The summed E-state index contributed by atoms with van der Waals surface area (Å²) < 4.78 is 0. The van der Waals surface area contributed by atoms with Gasteiger partial charge in [0, 0.05) is 0 Å². The molecule has 0 rings (SSSR count). The number of hydrogen-bond donors (Lipinski definition) is 0. The summed E-state index contributed by atoms with van der Waals surface area (Å²) in [5, 5.41) is 0. The van der Waals surface area contributed by atoms with E-state index >= 15 is 0 Å². The standard InChI is InChI=1S/2B.3BrH.3HI/h;;6*1H/q2*+3;;;;;;/p-6. The summed E-state index contributed by atoms with van der Waals surface area (Å²) in [6, 6.07) is 0. The van der Waals surface area contributed by atoms with Gasteiger partial charge in [0.2, 0.25) is 0 Å². The fraction of sp³-hybridized carbons (Fsp3) is 0. The Balaban J connectivity index is 0. The summed E-state index contributed by atoms with van der Waals surface area (Å²) in [5.74, 6) is 0.